The van der Waals surface area contributed by atoms with Crippen LogP contribution in [0.15, 0.2) is 23.6 Å². The Morgan fingerprint density at radius 2 is 2.05 bits per heavy atom. The molecule has 0 aliphatic carbocycles. The van der Waals surface area contributed by atoms with Crippen LogP contribution in [0.5, 0.6) is 0 Å². The van der Waals surface area contributed by atoms with Crippen LogP contribution in [0, 0.1) is 20.8 Å². The number of amides is 1. The monoisotopic (exact) mass is 334 g/mol. The molecule has 1 aromatic heterocycles. The number of hydrazine groups is 1. The molecule has 0 aliphatic rings. The Bertz CT molecular complexity index is 697. The Hall–Kier alpha value is -1.99. The van der Waals surface area contributed by atoms with Crippen LogP contribution in [0.2, 0.25) is 0 Å². The number of nitrogens with one attached hydrogen (secondary N) is 3. The molecule has 0 bridgehead atoms. The van der Waals surface area contributed by atoms with Crippen molar-refractivity contribution in [2.45, 2.75) is 27.2 Å². The molecule has 22 heavy (non-hydrogen) atoms. The molecule has 0 aliphatic heterocycles. The third kappa shape index (κ3) is 4.78. The lowest BCUT2D eigenvalue weighted by Gasteiger charge is -2.13. The van der Waals surface area contributed by atoms with Crippen LogP contribution in [-0.4, -0.2) is 16.0 Å². The number of thiocarbonyl (C=S) groups is 1. The maximum atomic E-state index is 11.8. The molecule has 1 aromatic carbocycles. The lowest BCUT2D eigenvalue weighted by molar-refractivity contribution is -0.121. The number of thiazole rings is 1. The van der Waals surface area contributed by atoms with E-state index in [2.05, 4.69) is 21.2 Å². The molecule has 0 spiro atoms. The predicted molar refractivity (Wildman–Crippen MR) is 94.0 cm³/mol. The first-order chi connectivity index (χ1) is 10.4. The summed E-state index contributed by atoms with van der Waals surface area (Å²) in [5.74, 6) is -0.185. The van der Waals surface area contributed by atoms with Gasteiger partial charge in [-0.05, 0) is 50.2 Å². The van der Waals surface area contributed by atoms with Gasteiger partial charge in [0.15, 0.2) is 5.11 Å². The molecule has 0 radical (unpaired) electrons. The molecule has 1 heterocycles. The van der Waals surface area contributed by atoms with E-state index in [0.717, 1.165) is 27.5 Å². The molecule has 7 heteroatoms. The predicted octanol–water partition coefficient (Wildman–Crippen LogP) is 2.63. The van der Waals surface area contributed by atoms with Crippen LogP contribution in [-0.2, 0) is 11.2 Å². The van der Waals surface area contributed by atoms with Crippen LogP contribution in [0.3, 0.4) is 0 Å². The van der Waals surface area contributed by atoms with Crippen molar-refractivity contribution < 1.29 is 4.79 Å². The van der Waals surface area contributed by atoms with Crippen LogP contribution in [0.25, 0.3) is 0 Å². The second-order valence-electron chi connectivity index (χ2n) is 4.98. The maximum Gasteiger partial charge on any atom is 0.244 e. The van der Waals surface area contributed by atoms with Gasteiger partial charge in [0.2, 0.25) is 5.91 Å². The average molecular weight is 334 g/mol. The minimum absolute atomic E-state index is 0.185. The van der Waals surface area contributed by atoms with Crippen molar-refractivity contribution in [3.8, 4) is 0 Å². The summed E-state index contributed by atoms with van der Waals surface area (Å²) in [6.07, 6.45) is 0.226. The van der Waals surface area contributed by atoms with E-state index in [1.54, 1.807) is 0 Å². The largest absolute Gasteiger partial charge is 0.331 e. The second kappa shape index (κ2) is 7.33. The van der Waals surface area contributed by atoms with E-state index in [9.17, 15) is 4.79 Å². The van der Waals surface area contributed by atoms with Crippen LogP contribution < -0.4 is 16.2 Å². The summed E-state index contributed by atoms with van der Waals surface area (Å²) >= 11 is 6.70. The van der Waals surface area contributed by atoms with E-state index in [-0.39, 0.29) is 12.3 Å². The highest BCUT2D eigenvalue weighted by atomic mass is 32.1. The van der Waals surface area contributed by atoms with Crippen molar-refractivity contribution in [2.75, 3.05) is 5.32 Å². The summed E-state index contributed by atoms with van der Waals surface area (Å²) in [7, 11) is 0. The number of rotatable bonds is 3. The van der Waals surface area contributed by atoms with E-state index < -0.39 is 0 Å². The van der Waals surface area contributed by atoms with Crippen molar-refractivity contribution in [1.82, 2.24) is 15.8 Å². The molecule has 2 rings (SSSR count). The number of benzene rings is 1. The molecule has 2 aromatic rings. The lowest BCUT2D eigenvalue weighted by Crippen LogP contribution is -2.44. The Morgan fingerprint density at radius 3 is 2.73 bits per heavy atom. The maximum absolute atomic E-state index is 11.8. The number of hydrogen-bond donors (Lipinski definition) is 3. The lowest BCUT2D eigenvalue weighted by atomic mass is 10.1. The van der Waals surface area contributed by atoms with Crippen molar-refractivity contribution in [2.24, 2.45) is 0 Å². The second-order valence-corrected chi connectivity index (χ2v) is 6.45. The quantitative estimate of drug-likeness (QED) is 0.595. The van der Waals surface area contributed by atoms with E-state index in [1.807, 2.05) is 44.4 Å². The van der Waals surface area contributed by atoms with Gasteiger partial charge in [-0.2, -0.15) is 0 Å². The summed E-state index contributed by atoms with van der Waals surface area (Å²) in [5.41, 5.74) is 9.17. The van der Waals surface area contributed by atoms with E-state index >= 15 is 0 Å². The summed E-state index contributed by atoms with van der Waals surface area (Å²) < 4.78 is 0. The highest BCUT2D eigenvalue weighted by Gasteiger charge is 2.07. The molecule has 0 saturated heterocycles. The minimum atomic E-state index is -0.185. The SMILES string of the molecule is Cc1ccc(C)c(NC(=S)NNC(=O)Cc2csc(C)n2)c1. The molecule has 3 N–H and O–H groups in total. The van der Waals surface area contributed by atoms with E-state index in [4.69, 9.17) is 12.2 Å². The highest BCUT2D eigenvalue weighted by molar-refractivity contribution is 7.80. The van der Waals surface area contributed by atoms with Gasteiger partial charge >= 0.3 is 0 Å². The molecule has 0 unspecified atom stereocenters. The molecule has 0 atom stereocenters. The number of carbonyl (C=O) groups excluding carboxylic acids is 1. The fourth-order valence-electron chi connectivity index (χ4n) is 1.85. The Balaban J connectivity index is 1.82. The van der Waals surface area contributed by atoms with Gasteiger partial charge in [0, 0.05) is 11.1 Å². The number of carbonyl (C=O) groups is 1. The molecular formula is C15H18N4OS2. The molecule has 5 nitrogen and oxygen atoms in total. The first-order valence-corrected chi connectivity index (χ1v) is 8.07. The number of hydrogen-bond acceptors (Lipinski definition) is 4. The van der Waals surface area contributed by atoms with Gasteiger partial charge in [-0.1, -0.05) is 12.1 Å². The standard InChI is InChI=1S/C15H18N4OS2/c1-9-4-5-10(2)13(6-9)17-15(21)19-18-14(20)7-12-8-22-11(3)16-12/h4-6,8H,7H2,1-3H3,(H,18,20)(H2,17,19,21). The normalized spacial score (nSPS) is 10.1. The number of aryl methyl sites for hydroxylation is 3. The zero-order valence-electron chi connectivity index (χ0n) is 12.7. The molecular weight excluding hydrogens is 316 g/mol. The van der Waals surface area contributed by atoms with Gasteiger partial charge in [0.1, 0.15) is 0 Å². The average Bonchev–Trinajstić information content (AvgIpc) is 2.86. The van der Waals surface area contributed by atoms with Gasteiger partial charge in [-0.25, -0.2) is 4.98 Å². The fourth-order valence-corrected chi connectivity index (χ4v) is 2.62. The van der Waals surface area contributed by atoms with Gasteiger partial charge < -0.3 is 5.32 Å². The highest BCUT2D eigenvalue weighted by Crippen LogP contribution is 2.15. The van der Waals surface area contributed by atoms with Crippen molar-refractivity contribution in [3.63, 3.8) is 0 Å². The van der Waals surface area contributed by atoms with E-state index in [0.29, 0.717) is 5.11 Å². The number of anilines is 1. The van der Waals surface area contributed by atoms with Gasteiger partial charge in [-0.3, -0.25) is 15.6 Å². The fraction of sp³-hybridized carbons (Fsp3) is 0.267. The third-order valence-electron chi connectivity index (χ3n) is 2.96. The number of nitrogens with zero attached hydrogens (tertiary/aromatic N) is 1. The first-order valence-electron chi connectivity index (χ1n) is 6.78. The van der Waals surface area contributed by atoms with Crippen LogP contribution in [0.1, 0.15) is 21.8 Å². The molecule has 1 amide bonds. The zero-order valence-corrected chi connectivity index (χ0v) is 14.3. The van der Waals surface area contributed by atoms with E-state index in [1.165, 1.54) is 11.3 Å². The van der Waals surface area contributed by atoms with Gasteiger partial charge in [0.25, 0.3) is 0 Å². The topological polar surface area (TPSA) is 66.0 Å². The van der Waals surface area contributed by atoms with Crippen LogP contribution in [0.4, 0.5) is 5.69 Å². The Labute approximate surface area is 139 Å². The zero-order chi connectivity index (χ0) is 16.1. The third-order valence-corrected chi connectivity index (χ3v) is 3.99. The molecule has 116 valence electrons. The van der Waals surface area contributed by atoms with Gasteiger partial charge in [-0.15, -0.1) is 11.3 Å². The summed E-state index contributed by atoms with van der Waals surface area (Å²) in [4.78, 5) is 16.1. The first kappa shape index (κ1) is 16.4. The summed E-state index contributed by atoms with van der Waals surface area (Å²) in [6, 6.07) is 6.06. The molecule has 0 fully saturated rings. The van der Waals surface area contributed by atoms with Crippen molar-refractivity contribution in [3.05, 3.63) is 45.4 Å². The summed E-state index contributed by atoms with van der Waals surface area (Å²) in [6.45, 7) is 5.92. The van der Waals surface area contributed by atoms with Crippen molar-refractivity contribution in [1.29, 1.82) is 0 Å². The van der Waals surface area contributed by atoms with Gasteiger partial charge in [0.05, 0.1) is 17.1 Å². The van der Waals surface area contributed by atoms with Crippen LogP contribution >= 0.6 is 23.6 Å². The Morgan fingerprint density at radius 1 is 1.27 bits per heavy atom. The Kier molecular flexibility index (Phi) is 5.46. The smallest absolute Gasteiger partial charge is 0.244 e. The molecule has 0 saturated carbocycles. The van der Waals surface area contributed by atoms with Crippen molar-refractivity contribution >= 4 is 40.3 Å². The minimum Gasteiger partial charge on any atom is -0.331 e. The summed E-state index contributed by atoms with van der Waals surface area (Å²) in [5, 5.41) is 6.23. The number of aromatic nitrogens is 1.